The third-order valence-electron chi connectivity index (χ3n) is 2.51. The molecule has 1 aromatic rings. The summed E-state index contributed by atoms with van der Waals surface area (Å²) in [5.41, 5.74) is 2.36. The highest BCUT2D eigenvalue weighted by Crippen LogP contribution is 2.25. The molecule has 0 fully saturated rings. The van der Waals surface area contributed by atoms with Crippen LogP contribution in [0, 0.1) is 11.6 Å². The lowest BCUT2D eigenvalue weighted by Crippen LogP contribution is -2.17. The Labute approximate surface area is 105 Å². The van der Waals surface area contributed by atoms with Crippen molar-refractivity contribution in [3.63, 3.8) is 0 Å². The Hall–Kier alpha value is -1.49. The molecule has 1 aromatic carbocycles. The summed E-state index contributed by atoms with van der Waals surface area (Å²) < 4.78 is 26.7. The largest absolute Gasteiger partial charge is 0.390 e. The van der Waals surface area contributed by atoms with E-state index in [0.29, 0.717) is 5.56 Å². The number of thiocarbonyl (C=S) groups is 1. The molecule has 0 aliphatic rings. The number of likely N-dealkylation sites (N-methyl/N-ethyl adjacent to an activating group) is 1. The third-order valence-corrected chi connectivity index (χ3v) is 2.65. The van der Waals surface area contributed by atoms with E-state index in [2.05, 4.69) is 22.9 Å². The zero-order chi connectivity index (χ0) is 12.8. The molecule has 17 heavy (non-hydrogen) atoms. The predicted octanol–water partition coefficient (Wildman–Crippen LogP) is 2.68. The monoisotopic (exact) mass is 256 g/mol. The van der Waals surface area contributed by atoms with Gasteiger partial charge >= 0.3 is 0 Å². The molecular weight excluding hydrogens is 242 g/mol. The van der Waals surface area contributed by atoms with Crippen molar-refractivity contribution < 1.29 is 8.78 Å². The molecule has 0 amide bonds. The van der Waals surface area contributed by atoms with Gasteiger partial charge in [0.15, 0.2) is 11.6 Å². The van der Waals surface area contributed by atoms with Crippen LogP contribution in [-0.2, 0) is 0 Å². The van der Waals surface area contributed by atoms with E-state index in [-0.39, 0.29) is 5.92 Å². The number of hydrogen-bond donors (Lipinski definition) is 2. The van der Waals surface area contributed by atoms with Crippen molar-refractivity contribution >= 4 is 17.7 Å². The average molecular weight is 256 g/mol. The van der Waals surface area contributed by atoms with Crippen LogP contribution >= 0.6 is 12.2 Å². The van der Waals surface area contributed by atoms with Crippen molar-refractivity contribution in [3.8, 4) is 0 Å². The van der Waals surface area contributed by atoms with Crippen LogP contribution in [0.4, 0.5) is 8.78 Å². The molecule has 0 bridgehead atoms. The number of allylic oxidation sites excluding steroid dienone is 1. The van der Waals surface area contributed by atoms with E-state index in [1.54, 1.807) is 26.2 Å². The molecule has 5 heteroatoms. The second-order valence-corrected chi connectivity index (χ2v) is 3.73. The van der Waals surface area contributed by atoms with E-state index >= 15 is 0 Å². The molecule has 0 aromatic heterocycles. The highest BCUT2D eigenvalue weighted by atomic mass is 32.1. The van der Waals surface area contributed by atoms with Crippen molar-refractivity contribution in [2.45, 2.75) is 12.8 Å². The van der Waals surface area contributed by atoms with Crippen LogP contribution < -0.4 is 10.6 Å². The second kappa shape index (κ2) is 6.30. The second-order valence-electron chi connectivity index (χ2n) is 3.50. The van der Waals surface area contributed by atoms with E-state index < -0.39 is 11.6 Å². The molecule has 2 nitrogen and oxygen atoms in total. The van der Waals surface area contributed by atoms with Gasteiger partial charge < -0.3 is 10.6 Å². The molecule has 0 saturated heterocycles. The summed E-state index contributed by atoms with van der Waals surface area (Å²) >= 11 is 4.63. The Morgan fingerprint density at radius 3 is 2.71 bits per heavy atom. The van der Waals surface area contributed by atoms with Crippen LogP contribution in [0.1, 0.15) is 18.4 Å². The first-order valence-electron chi connectivity index (χ1n) is 5.13. The molecule has 0 aliphatic carbocycles. The maximum Gasteiger partial charge on any atom is 0.162 e. The summed E-state index contributed by atoms with van der Waals surface area (Å²) in [6.45, 7) is 1.78. The zero-order valence-electron chi connectivity index (χ0n) is 9.63. The summed E-state index contributed by atoms with van der Waals surface area (Å²) in [6, 6.07) is 4.15. The minimum atomic E-state index is -0.840. The number of halogens is 2. The Morgan fingerprint density at radius 2 is 2.12 bits per heavy atom. The molecule has 2 N–H and O–H groups in total. The van der Waals surface area contributed by atoms with Gasteiger partial charge in [-0.2, -0.15) is 0 Å². The Balaban J connectivity index is 3.05. The highest BCUT2D eigenvalue weighted by molar-refractivity contribution is 7.78. The summed E-state index contributed by atoms with van der Waals surface area (Å²) in [5.74, 6) is -1.95. The molecule has 0 heterocycles. The van der Waals surface area contributed by atoms with Crippen molar-refractivity contribution in [2.24, 2.45) is 0 Å². The SMILES string of the molecule is CN/C(=C\NC=S)C(C)c1cccc(F)c1F. The third kappa shape index (κ3) is 3.23. The molecule has 1 rings (SSSR count). The van der Waals surface area contributed by atoms with Crippen LogP contribution in [0.3, 0.4) is 0 Å². The Bertz CT molecular complexity index is 433. The van der Waals surface area contributed by atoms with Gasteiger partial charge in [-0.15, -0.1) is 0 Å². The minimum absolute atomic E-state index is 0.293. The average Bonchev–Trinajstić information content (AvgIpc) is 2.33. The first-order chi connectivity index (χ1) is 8.11. The van der Waals surface area contributed by atoms with Crippen molar-refractivity contribution in [1.29, 1.82) is 0 Å². The fourth-order valence-corrected chi connectivity index (χ4v) is 1.63. The van der Waals surface area contributed by atoms with Crippen LogP contribution in [0.5, 0.6) is 0 Å². The van der Waals surface area contributed by atoms with Crippen molar-refractivity contribution in [1.82, 2.24) is 10.6 Å². The quantitative estimate of drug-likeness (QED) is 0.792. The Kier molecular flexibility index (Phi) is 5.03. The fraction of sp³-hybridized carbons (Fsp3) is 0.250. The van der Waals surface area contributed by atoms with Gasteiger partial charge in [0.25, 0.3) is 0 Å². The zero-order valence-corrected chi connectivity index (χ0v) is 10.4. The van der Waals surface area contributed by atoms with Crippen LogP contribution in [-0.4, -0.2) is 12.5 Å². The normalized spacial score (nSPS) is 13.1. The smallest absolute Gasteiger partial charge is 0.162 e. The topological polar surface area (TPSA) is 24.1 Å². The van der Waals surface area contributed by atoms with Gasteiger partial charge in [0, 0.05) is 24.9 Å². The molecule has 92 valence electrons. The summed E-state index contributed by atoms with van der Waals surface area (Å²) in [7, 11) is 1.71. The van der Waals surface area contributed by atoms with E-state index in [9.17, 15) is 8.78 Å². The number of hydrogen-bond acceptors (Lipinski definition) is 2. The van der Waals surface area contributed by atoms with E-state index in [4.69, 9.17) is 0 Å². The first kappa shape index (κ1) is 13.6. The molecule has 0 saturated carbocycles. The molecule has 1 atom stereocenters. The number of nitrogens with one attached hydrogen (secondary N) is 2. The highest BCUT2D eigenvalue weighted by Gasteiger charge is 2.16. The number of rotatable bonds is 5. The summed E-state index contributed by atoms with van der Waals surface area (Å²) in [6.07, 6.45) is 1.63. The van der Waals surface area contributed by atoms with Gasteiger partial charge in [-0.3, -0.25) is 0 Å². The molecule has 1 unspecified atom stereocenters. The van der Waals surface area contributed by atoms with E-state index in [1.807, 2.05) is 0 Å². The minimum Gasteiger partial charge on any atom is -0.390 e. The van der Waals surface area contributed by atoms with Crippen LogP contribution in [0.2, 0.25) is 0 Å². The van der Waals surface area contributed by atoms with Crippen molar-refractivity contribution in [2.75, 3.05) is 7.05 Å². The van der Waals surface area contributed by atoms with E-state index in [1.165, 1.54) is 11.6 Å². The summed E-state index contributed by atoms with van der Waals surface area (Å²) in [4.78, 5) is 0. The Morgan fingerprint density at radius 1 is 1.41 bits per heavy atom. The lowest BCUT2D eigenvalue weighted by atomic mass is 9.97. The van der Waals surface area contributed by atoms with Gasteiger partial charge in [-0.1, -0.05) is 31.3 Å². The van der Waals surface area contributed by atoms with Crippen molar-refractivity contribution in [3.05, 3.63) is 47.3 Å². The van der Waals surface area contributed by atoms with Crippen LogP contribution in [0.15, 0.2) is 30.1 Å². The molecular formula is C12H14F2N2S. The maximum atomic E-state index is 13.6. The first-order valence-corrected chi connectivity index (χ1v) is 5.60. The lowest BCUT2D eigenvalue weighted by Gasteiger charge is -2.17. The van der Waals surface area contributed by atoms with Gasteiger partial charge in [0.1, 0.15) is 0 Å². The van der Waals surface area contributed by atoms with E-state index in [0.717, 1.165) is 11.8 Å². The molecule has 0 spiro atoms. The van der Waals surface area contributed by atoms with Gasteiger partial charge in [-0.05, 0) is 11.6 Å². The summed E-state index contributed by atoms with van der Waals surface area (Å²) in [5, 5.41) is 5.66. The van der Waals surface area contributed by atoms with Gasteiger partial charge in [0.05, 0.1) is 5.49 Å². The standard InChI is InChI=1S/C12H14F2N2S/c1-8(11(15-2)6-16-7-17)9-4-3-5-10(13)12(9)14/h3-8,15H,1-2H3,(H,16,17)/b11-6-. The van der Waals surface area contributed by atoms with Gasteiger partial charge in [0.2, 0.25) is 0 Å². The predicted molar refractivity (Wildman–Crippen MR) is 68.7 cm³/mol. The lowest BCUT2D eigenvalue weighted by molar-refractivity contribution is 0.494. The maximum absolute atomic E-state index is 13.6. The van der Waals surface area contributed by atoms with Crippen LogP contribution in [0.25, 0.3) is 0 Å². The molecule has 0 radical (unpaired) electrons. The van der Waals surface area contributed by atoms with Gasteiger partial charge in [-0.25, -0.2) is 8.78 Å². The molecule has 0 aliphatic heterocycles. The number of benzene rings is 1. The fourth-order valence-electron chi connectivity index (χ4n) is 1.56.